The molecule has 1 N–H and O–H groups in total. The third kappa shape index (κ3) is 1.12. The Bertz CT molecular complexity index is 525. The van der Waals surface area contributed by atoms with Crippen LogP contribution in [-0.2, 0) is 17.3 Å². The normalized spacial score (nSPS) is 36.7. The van der Waals surface area contributed by atoms with Gasteiger partial charge in [-0.05, 0) is 32.1 Å². The molecule has 4 saturated carbocycles. The molecule has 18 heavy (non-hydrogen) atoms. The average molecular weight is 248 g/mol. The van der Waals surface area contributed by atoms with Gasteiger partial charge in [-0.15, -0.1) is 0 Å². The predicted molar refractivity (Wildman–Crippen MR) is 62.5 cm³/mol. The molecule has 0 radical (unpaired) electrons. The van der Waals surface area contributed by atoms with Crippen LogP contribution in [0.15, 0.2) is 6.20 Å². The Labute approximate surface area is 105 Å². The van der Waals surface area contributed by atoms with Crippen molar-refractivity contribution in [3.05, 3.63) is 11.9 Å². The molecule has 0 unspecified atom stereocenters. The second-order valence-electron chi connectivity index (χ2n) is 6.19. The Kier molecular flexibility index (Phi) is 1.67. The maximum atomic E-state index is 11.2. The SMILES string of the molecule is Cn1ncc(OC2CC2)c1C12CC(C(=O)O)(C1)C2. The first-order chi connectivity index (χ1) is 8.55. The highest BCUT2D eigenvalue weighted by Crippen LogP contribution is 2.74. The molecule has 96 valence electrons. The van der Waals surface area contributed by atoms with Gasteiger partial charge in [0, 0.05) is 12.5 Å². The Morgan fingerprint density at radius 1 is 1.50 bits per heavy atom. The van der Waals surface area contributed by atoms with Gasteiger partial charge in [-0.25, -0.2) is 0 Å². The number of ether oxygens (including phenoxy) is 1. The van der Waals surface area contributed by atoms with E-state index in [2.05, 4.69) is 5.10 Å². The van der Waals surface area contributed by atoms with Gasteiger partial charge in [0.1, 0.15) is 0 Å². The number of carboxylic acids is 1. The van der Waals surface area contributed by atoms with Crippen LogP contribution in [0.2, 0.25) is 0 Å². The van der Waals surface area contributed by atoms with E-state index in [1.54, 1.807) is 6.20 Å². The van der Waals surface area contributed by atoms with Crippen LogP contribution in [0.4, 0.5) is 0 Å². The summed E-state index contributed by atoms with van der Waals surface area (Å²) in [6.45, 7) is 0. The Hall–Kier alpha value is -1.52. The molecular formula is C13H16N2O3. The summed E-state index contributed by atoms with van der Waals surface area (Å²) in [4.78, 5) is 11.2. The molecule has 4 aliphatic rings. The van der Waals surface area contributed by atoms with Crippen LogP contribution in [0.25, 0.3) is 0 Å². The fourth-order valence-electron chi connectivity index (χ4n) is 3.74. The van der Waals surface area contributed by atoms with Crippen LogP contribution in [0, 0.1) is 5.41 Å². The monoisotopic (exact) mass is 248 g/mol. The van der Waals surface area contributed by atoms with E-state index in [4.69, 9.17) is 4.74 Å². The van der Waals surface area contributed by atoms with Crippen LogP contribution >= 0.6 is 0 Å². The van der Waals surface area contributed by atoms with Crippen molar-refractivity contribution in [2.45, 2.75) is 43.6 Å². The van der Waals surface area contributed by atoms with E-state index >= 15 is 0 Å². The third-order valence-corrected chi connectivity index (χ3v) is 4.71. The minimum atomic E-state index is -0.642. The van der Waals surface area contributed by atoms with Crippen molar-refractivity contribution in [3.63, 3.8) is 0 Å². The maximum Gasteiger partial charge on any atom is 0.309 e. The zero-order chi connectivity index (χ0) is 12.5. The van der Waals surface area contributed by atoms with E-state index in [9.17, 15) is 9.90 Å². The minimum Gasteiger partial charge on any atom is -0.487 e. The summed E-state index contributed by atoms with van der Waals surface area (Å²) in [7, 11) is 1.92. The summed E-state index contributed by atoms with van der Waals surface area (Å²) in [5.74, 6) is 0.231. The highest BCUT2D eigenvalue weighted by Gasteiger charge is 2.74. The van der Waals surface area contributed by atoms with E-state index in [-0.39, 0.29) is 5.41 Å². The molecule has 5 heteroatoms. The number of carbonyl (C=O) groups is 1. The topological polar surface area (TPSA) is 64.4 Å². The summed E-state index contributed by atoms with van der Waals surface area (Å²) in [6.07, 6.45) is 6.62. The van der Waals surface area contributed by atoms with Gasteiger partial charge in [-0.1, -0.05) is 0 Å². The molecule has 2 bridgehead atoms. The van der Waals surface area contributed by atoms with Crippen molar-refractivity contribution in [2.24, 2.45) is 12.5 Å². The summed E-state index contributed by atoms with van der Waals surface area (Å²) in [6, 6.07) is 0. The fourth-order valence-corrected chi connectivity index (χ4v) is 3.74. The molecule has 0 amide bonds. The van der Waals surface area contributed by atoms with Crippen molar-refractivity contribution in [3.8, 4) is 5.75 Å². The van der Waals surface area contributed by atoms with E-state index in [0.717, 1.165) is 43.5 Å². The Morgan fingerprint density at radius 3 is 2.72 bits per heavy atom. The largest absolute Gasteiger partial charge is 0.487 e. The summed E-state index contributed by atoms with van der Waals surface area (Å²) >= 11 is 0. The van der Waals surface area contributed by atoms with Crippen molar-refractivity contribution in [1.82, 2.24) is 9.78 Å². The summed E-state index contributed by atoms with van der Waals surface area (Å²) < 4.78 is 7.75. The van der Waals surface area contributed by atoms with Crippen LogP contribution in [0.5, 0.6) is 5.75 Å². The van der Waals surface area contributed by atoms with Crippen LogP contribution in [0.3, 0.4) is 0 Å². The number of aliphatic carboxylic acids is 1. The first-order valence-electron chi connectivity index (χ1n) is 6.47. The molecule has 1 heterocycles. The van der Waals surface area contributed by atoms with Gasteiger partial charge in [0.25, 0.3) is 0 Å². The number of hydrogen-bond acceptors (Lipinski definition) is 3. The highest BCUT2D eigenvalue weighted by atomic mass is 16.5. The number of nitrogens with zero attached hydrogens (tertiary/aromatic N) is 2. The molecule has 5 nitrogen and oxygen atoms in total. The van der Waals surface area contributed by atoms with E-state index in [1.165, 1.54) is 0 Å². The molecule has 0 atom stereocenters. The molecule has 5 rings (SSSR count). The molecule has 0 spiro atoms. The average Bonchev–Trinajstić information content (AvgIpc) is 2.92. The molecule has 1 aromatic heterocycles. The Balaban J connectivity index is 1.63. The fraction of sp³-hybridized carbons (Fsp3) is 0.692. The van der Waals surface area contributed by atoms with Gasteiger partial charge in [0.05, 0.1) is 23.4 Å². The number of carboxylic acid groups (broad SMARTS) is 1. The molecule has 4 aliphatic carbocycles. The standard InChI is InChI=1S/C13H16N2O3/c1-15-10(9(4-14-15)18-8-2-3-8)12-5-13(6-12,7-12)11(16)17/h4,8H,2-3,5-7H2,1H3,(H,16,17). The highest BCUT2D eigenvalue weighted by molar-refractivity contribution is 5.81. The first-order valence-corrected chi connectivity index (χ1v) is 6.47. The van der Waals surface area contributed by atoms with Gasteiger partial charge in [0.2, 0.25) is 0 Å². The van der Waals surface area contributed by atoms with Crippen LogP contribution in [0.1, 0.15) is 37.8 Å². The molecule has 0 aliphatic heterocycles. The predicted octanol–water partition coefficient (Wildman–Crippen LogP) is 1.47. The van der Waals surface area contributed by atoms with Gasteiger partial charge in [-0.2, -0.15) is 5.10 Å². The van der Waals surface area contributed by atoms with Crippen LogP contribution in [-0.4, -0.2) is 27.0 Å². The van der Waals surface area contributed by atoms with Crippen molar-refractivity contribution < 1.29 is 14.6 Å². The second-order valence-corrected chi connectivity index (χ2v) is 6.19. The van der Waals surface area contributed by atoms with E-state index < -0.39 is 11.4 Å². The Morgan fingerprint density at radius 2 is 2.17 bits per heavy atom. The number of aryl methyl sites for hydroxylation is 1. The lowest BCUT2D eigenvalue weighted by Gasteiger charge is -2.67. The van der Waals surface area contributed by atoms with Crippen molar-refractivity contribution >= 4 is 5.97 Å². The smallest absolute Gasteiger partial charge is 0.309 e. The second kappa shape index (κ2) is 2.90. The summed E-state index contributed by atoms with van der Waals surface area (Å²) in [5.41, 5.74) is 0.687. The number of rotatable bonds is 4. The van der Waals surface area contributed by atoms with E-state index in [0.29, 0.717) is 6.10 Å². The molecule has 0 saturated heterocycles. The summed E-state index contributed by atoms with van der Waals surface area (Å²) in [5, 5.41) is 13.5. The number of hydrogen-bond donors (Lipinski definition) is 1. The van der Waals surface area contributed by atoms with Gasteiger partial charge >= 0.3 is 5.97 Å². The van der Waals surface area contributed by atoms with Crippen molar-refractivity contribution in [1.29, 1.82) is 0 Å². The van der Waals surface area contributed by atoms with Gasteiger partial charge in [0.15, 0.2) is 5.75 Å². The zero-order valence-electron chi connectivity index (χ0n) is 10.3. The van der Waals surface area contributed by atoms with Crippen molar-refractivity contribution in [2.75, 3.05) is 0 Å². The molecular weight excluding hydrogens is 232 g/mol. The lowest BCUT2D eigenvalue weighted by Crippen LogP contribution is -2.68. The maximum absolute atomic E-state index is 11.2. The molecule has 0 aromatic carbocycles. The molecule has 1 aromatic rings. The van der Waals surface area contributed by atoms with E-state index in [1.807, 2.05) is 11.7 Å². The van der Waals surface area contributed by atoms with Gasteiger partial charge < -0.3 is 9.84 Å². The third-order valence-electron chi connectivity index (χ3n) is 4.71. The van der Waals surface area contributed by atoms with Crippen LogP contribution < -0.4 is 4.74 Å². The number of aromatic nitrogens is 2. The lowest BCUT2D eigenvalue weighted by atomic mass is 9.34. The minimum absolute atomic E-state index is 0.0217. The lowest BCUT2D eigenvalue weighted by molar-refractivity contribution is -0.196. The molecule has 4 fully saturated rings. The quantitative estimate of drug-likeness (QED) is 0.876. The zero-order valence-corrected chi connectivity index (χ0v) is 10.3. The van der Waals surface area contributed by atoms with Gasteiger partial charge in [-0.3, -0.25) is 9.48 Å². The first kappa shape index (κ1) is 10.4.